The van der Waals surface area contributed by atoms with Gasteiger partial charge < -0.3 is 23.5 Å². The zero-order valence-electron chi connectivity index (χ0n) is 20.1. The summed E-state index contributed by atoms with van der Waals surface area (Å²) in [6, 6.07) is 0. The Hall–Kier alpha value is -1.56. The van der Waals surface area contributed by atoms with Gasteiger partial charge in [0.1, 0.15) is 27.6 Å². The van der Waals surface area contributed by atoms with Crippen LogP contribution in [0.15, 0.2) is 17.1 Å². The molecule has 0 bridgehead atoms. The molecule has 1 fully saturated rings. The predicted molar refractivity (Wildman–Crippen MR) is 128 cm³/mol. The lowest BCUT2D eigenvalue weighted by Gasteiger charge is -2.43. The molecule has 0 spiro atoms. The van der Waals surface area contributed by atoms with Crippen molar-refractivity contribution in [1.29, 1.82) is 0 Å². The SMILES string of the molecule is C=CCCCCS[C@H]1O[C@H](C=N[S+]([O-])C(C)(C)C)[C@H](OC(C)=O)[C@H](OC(C)=O)[C@H]1OC(C)=O. The number of esters is 3. The van der Waals surface area contributed by atoms with Crippen LogP contribution in [0.3, 0.4) is 0 Å². The molecule has 0 radical (unpaired) electrons. The van der Waals surface area contributed by atoms with Crippen molar-refractivity contribution in [3.05, 3.63) is 12.7 Å². The summed E-state index contributed by atoms with van der Waals surface area (Å²) in [5.41, 5.74) is -0.728. The molecule has 1 aliphatic rings. The van der Waals surface area contributed by atoms with Crippen molar-refractivity contribution in [2.75, 3.05) is 5.75 Å². The largest absolute Gasteiger partial charge is 0.591 e. The second-order valence-electron chi connectivity index (χ2n) is 8.46. The molecule has 1 saturated heterocycles. The number of rotatable bonds is 11. The van der Waals surface area contributed by atoms with Crippen LogP contribution in [0.5, 0.6) is 0 Å². The number of carbonyl (C=O) groups excluding carboxylic acids is 3. The summed E-state index contributed by atoms with van der Waals surface area (Å²) < 4.78 is 38.4. The first kappa shape index (κ1) is 29.5. The molecule has 33 heavy (non-hydrogen) atoms. The molecule has 9 nitrogen and oxygen atoms in total. The van der Waals surface area contributed by atoms with Crippen LogP contribution in [-0.2, 0) is 44.7 Å². The van der Waals surface area contributed by atoms with Crippen LogP contribution >= 0.6 is 11.8 Å². The molecule has 0 aromatic carbocycles. The normalized spacial score (nSPS) is 26.5. The van der Waals surface area contributed by atoms with Crippen LogP contribution in [0.4, 0.5) is 0 Å². The third-order valence-corrected chi connectivity index (χ3v) is 6.94. The standard InChI is InChI=1S/C22H35NO8S2/c1-8-9-10-11-12-32-21-20(30-16(4)26)19(29-15(3)25)18(28-14(2)24)17(31-21)13-23-33(27)22(5,6)7/h8,13,17-21H,1,9-12H2,2-7H3/t17-,18+,19+,20-,21-,33?/m1/s1. The molecule has 11 heteroatoms. The Bertz CT molecular complexity index is 709. The number of carbonyl (C=O) groups is 3. The fraction of sp³-hybridized carbons (Fsp3) is 0.727. The number of hydrogen-bond donors (Lipinski definition) is 0. The summed E-state index contributed by atoms with van der Waals surface area (Å²) in [5, 5.41) is 0. The van der Waals surface area contributed by atoms with Crippen LogP contribution in [0.1, 0.15) is 60.8 Å². The van der Waals surface area contributed by atoms with Gasteiger partial charge in [-0.05, 0) is 45.8 Å². The van der Waals surface area contributed by atoms with Gasteiger partial charge in [-0.25, -0.2) is 0 Å². The van der Waals surface area contributed by atoms with Crippen LogP contribution in [0.25, 0.3) is 0 Å². The van der Waals surface area contributed by atoms with E-state index in [0.717, 1.165) is 19.3 Å². The van der Waals surface area contributed by atoms with Crippen LogP contribution in [0.2, 0.25) is 0 Å². The monoisotopic (exact) mass is 505 g/mol. The quantitative estimate of drug-likeness (QED) is 0.104. The summed E-state index contributed by atoms with van der Waals surface area (Å²) in [4.78, 5) is 35.5. The minimum absolute atomic E-state index is 0.597. The summed E-state index contributed by atoms with van der Waals surface area (Å²) in [6.07, 6.45) is 1.55. The van der Waals surface area contributed by atoms with Gasteiger partial charge in [0.2, 0.25) is 0 Å². The summed E-state index contributed by atoms with van der Waals surface area (Å²) in [5.74, 6) is -1.20. The molecule has 0 aromatic rings. The lowest BCUT2D eigenvalue weighted by molar-refractivity contribution is -0.221. The number of ether oxygens (including phenoxy) is 4. The molecule has 1 aliphatic heterocycles. The Morgan fingerprint density at radius 3 is 2.09 bits per heavy atom. The minimum atomic E-state index is -1.59. The van der Waals surface area contributed by atoms with Gasteiger partial charge in [-0.2, -0.15) is 0 Å². The maximum absolute atomic E-state index is 12.4. The molecule has 0 aromatic heterocycles. The third-order valence-electron chi connectivity index (χ3n) is 4.35. The highest BCUT2D eigenvalue weighted by atomic mass is 32.2. The Morgan fingerprint density at radius 1 is 1.03 bits per heavy atom. The van der Waals surface area contributed by atoms with Crippen molar-refractivity contribution in [1.82, 2.24) is 0 Å². The zero-order chi connectivity index (χ0) is 25.2. The molecule has 6 atom stereocenters. The first-order valence-corrected chi connectivity index (χ1v) is 12.9. The van der Waals surface area contributed by atoms with E-state index < -0.39 is 63.9 Å². The maximum Gasteiger partial charge on any atom is 0.303 e. The van der Waals surface area contributed by atoms with E-state index in [1.54, 1.807) is 20.8 Å². The first-order chi connectivity index (χ1) is 15.4. The molecular weight excluding hydrogens is 470 g/mol. The average Bonchev–Trinajstić information content (AvgIpc) is 2.68. The number of nitrogens with zero attached hydrogens (tertiary/aromatic N) is 1. The fourth-order valence-corrected chi connectivity index (χ4v) is 4.68. The van der Waals surface area contributed by atoms with Gasteiger partial charge in [-0.1, -0.05) is 10.5 Å². The van der Waals surface area contributed by atoms with Gasteiger partial charge in [0.05, 0.1) is 6.21 Å². The second-order valence-corrected chi connectivity index (χ2v) is 11.6. The highest BCUT2D eigenvalue weighted by Crippen LogP contribution is 2.34. The fourth-order valence-electron chi connectivity index (χ4n) is 2.92. The van der Waals surface area contributed by atoms with Crippen LogP contribution < -0.4 is 0 Å². The number of unbranched alkanes of at least 4 members (excludes halogenated alkanes) is 2. The van der Waals surface area contributed by atoms with Crippen molar-refractivity contribution < 1.29 is 37.9 Å². The third kappa shape index (κ3) is 10.5. The Morgan fingerprint density at radius 2 is 1.58 bits per heavy atom. The first-order valence-electron chi connectivity index (χ1n) is 10.7. The topological polar surface area (TPSA) is 124 Å². The van der Waals surface area contributed by atoms with Crippen molar-refractivity contribution >= 4 is 47.2 Å². The Balaban J connectivity index is 3.28. The van der Waals surface area contributed by atoms with Crippen molar-refractivity contribution in [3.63, 3.8) is 0 Å². The Labute approximate surface area is 203 Å². The number of thioether (sulfide) groups is 1. The summed E-state index contributed by atoms with van der Waals surface area (Å²) in [7, 11) is 0. The van der Waals surface area contributed by atoms with Gasteiger partial charge in [0.25, 0.3) is 0 Å². The van der Waals surface area contributed by atoms with E-state index in [1.165, 1.54) is 38.7 Å². The van der Waals surface area contributed by atoms with E-state index in [2.05, 4.69) is 11.0 Å². The van der Waals surface area contributed by atoms with E-state index in [9.17, 15) is 18.9 Å². The van der Waals surface area contributed by atoms with E-state index in [0.29, 0.717) is 5.75 Å². The van der Waals surface area contributed by atoms with Crippen molar-refractivity contribution in [2.24, 2.45) is 4.40 Å². The number of hydrogen-bond acceptors (Lipinski definition) is 10. The van der Waals surface area contributed by atoms with E-state index in [-0.39, 0.29) is 0 Å². The molecule has 0 amide bonds. The van der Waals surface area contributed by atoms with Gasteiger partial charge in [-0.3, -0.25) is 14.4 Å². The van der Waals surface area contributed by atoms with Crippen LogP contribution in [0, 0.1) is 0 Å². The molecule has 1 unspecified atom stereocenters. The molecule has 0 N–H and O–H groups in total. The molecule has 1 heterocycles. The van der Waals surface area contributed by atoms with E-state index >= 15 is 0 Å². The highest BCUT2D eigenvalue weighted by Gasteiger charge is 2.51. The van der Waals surface area contributed by atoms with Crippen LogP contribution in [-0.4, -0.2) is 69.0 Å². The highest BCUT2D eigenvalue weighted by molar-refractivity contribution is 7.99. The number of allylic oxidation sites excluding steroid dienone is 1. The lowest BCUT2D eigenvalue weighted by atomic mass is 9.99. The molecule has 0 aliphatic carbocycles. The van der Waals surface area contributed by atoms with Gasteiger partial charge >= 0.3 is 17.9 Å². The summed E-state index contributed by atoms with van der Waals surface area (Å²) in [6.45, 7) is 12.7. The van der Waals surface area contributed by atoms with Crippen molar-refractivity contribution in [2.45, 2.75) is 95.4 Å². The van der Waals surface area contributed by atoms with Gasteiger partial charge in [-0.15, -0.1) is 18.3 Å². The molecule has 188 valence electrons. The van der Waals surface area contributed by atoms with E-state index in [4.69, 9.17) is 18.9 Å². The molecular formula is C22H35NO8S2. The van der Waals surface area contributed by atoms with Crippen molar-refractivity contribution in [3.8, 4) is 0 Å². The molecule has 0 saturated carbocycles. The average molecular weight is 506 g/mol. The van der Waals surface area contributed by atoms with Gasteiger partial charge in [0.15, 0.2) is 18.3 Å². The minimum Gasteiger partial charge on any atom is -0.591 e. The van der Waals surface area contributed by atoms with E-state index in [1.807, 2.05) is 6.08 Å². The Kier molecular flexibility index (Phi) is 12.5. The second kappa shape index (κ2) is 14.0. The molecule has 1 rings (SSSR count). The smallest absolute Gasteiger partial charge is 0.303 e. The predicted octanol–water partition coefficient (Wildman–Crippen LogP) is 3.13. The zero-order valence-corrected chi connectivity index (χ0v) is 21.7. The maximum atomic E-state index is 12.4. The lowest BCUT2D eigenvalue weighted by Crippen LogP contribution is -2.61. The summed E-state index contributed by atoms with van der Waals surface area (Å²) >= 11 is -0.197. The van der Waals surface area contributed by atoms with Gasteiger partial charge in [0, 0.05) is 20.8 Å².